The van der Waals surface area contributed by atoms with E-state index in [0.717, 1.165) is 16.7 Å². The normalized spacial score (nSPS) is 12.5. The molecule has 0 saturated heterocycles. The number of benzene rings is 1. The van der Waals surface area contributed by atoms with Crippen LogP contribution in [0.2, 0.25) is 0 Å². The first-order valence-corrected chi connectivity index (χ1v) is 6.00. The lowest BCUT2D eigenvalue weighted by Crippen LogP contribution is -2.13. The van der Waals surface area contributed by atoms with E-state index in [2.05, 4.69) is 20.9 Å². The van der Waals surface area contributed by atoms with Gasteiger partial charge in [-0.1, -0.05) is 6.07 Å². The highest BCUT2D eigenvalue weighted by Gasteiger charge is 2.13. The minimum absolute atomic E-state index is 0.306. The van der Waals surface area contributed by atoms with E-state index in [9.17, 15) is 4.39 Å². The van der Waals surface area contributed by atoms with Crippen LogP contribution in [0, 0.1) is 12.7 Å². The molecule has 1 atom stereocenters. The molecule has 1 aromatic heterocycles. The van der Waals surface area contributed by atoms with Crippen LogP contribution >= 0.6 is 15.9 Å². The van der Waals surface area contributed by atoms with Gasteiger partial charge >= 0.3 is 0 Å². The number of pyridine rings is 1. The van der Waals surface area contributed by atoms with Gasteiger partial charge in [-0.25, -0.2) is 4.39 Å². The van der Waals surface area contributed by atoms with E-state index in [4.69, 9.17) is 5.73 Å². The van der Waals surface area contributed by atoms with Crippen LogP contribution in [-0.2, 0) is 0 Å². The number of nitrogens with two attached hydrogens (primary N) is 1. The summed E-state index contributed by atoms with van der Waals surface area (Å²) < 4.78 is 13.9. The Morgan fingerprint density at radius 1 is 1.35 bits per heavy atom. The van der Waals surface area contributed by atoms with E-state index in [1.54, 1.807) is 18.5 Å². The molecule has 0 bridgehead atoms. The zero-order valence-electron chi connectivity index (χ0n) is 9.32. The molecule has 0 radical (unpaired) electrons. The van der Waals surface area contributed by atoms with E-state index < -0.39 is 0 Å². The van der Waals surface area contributed by atoms with Crippen LogP contribution in [0.4, 0.5) is 4.39 Å². The molecule has 4 heteroatoms. The van der Waals surface area contributed by atoms with Crippen LogP contribution in [0.1, 0.15) is 22.7 Å². The van der Waals surface area contributed by atoms with Crippen molar-refractivity contribution in [2.24, 2.45) is 5.73 Å². The third-order valence-electron chi connectivity index (χ3n) is 2.72. The number of rotatable bonds is 2. The fourth-order valence-corrected chi connectivity index (χ4v) is 1.93. The fourth-order valence-electron chi connectivity index (χ4n) is 1.69. The van der Waals surface area contributed by atoms with Gasteiger partial charge in [-0.15, -0.1) is 0 Å². The number of hydrogen-bond donors (Lipinski definition) is 1. The van der Waals surface area contributed by atoms with Crippen molar-refractivity contribution in [1.29, 1.82) is 0 Å². The lowest BCUT2D eigenvalue weighted by Gasteiger charge is -2.14. The van der Waals surface area contributed by atoms with Crippen LogP contribution in [0.25, 0.3) is 0 Å². The lowest BCUT2D eigenvalue weighted by atomic mass is 9.98. The van der Waals surface area contributed by atoms with Crippen LogP contribution < -0.4 is 5.73 Å². The monoisotopic (exact) mass is 294 g/mol. The van der Waals surface area contributed by atoms with Gasteiger partial charge in [0.25, 0.3) is 0 Å². The Morgan fingerprint density at radius 3 is 2.76 bits per heavy atom. The smallest absolute Gasteiger partial charge is 0.137 e. The molecule has 0 aliphatic heterocycles. The summed E-state index contributed by atoms with van der Waals surface area (Å²) in [5.74, 6) is -0.306. The molecule has 2 N–H and O–H groups in total. The molecule has 0 aliphatic carbocycles. The molecule has 1 heterocycles. The molecular weight excluding hydrogens is 283 g/mol. The fraction of sp³-hybridized carbons (Fsp3) is 0.154. The van der Waals surface area contributed by atoms with Crippen molar-refractivity contribution in [2.45, 2.75) is 13.0 Å². The van der Waals surface area contributed by atoms with Crippen LogP contribution in [0.15, 0.2) is 41.1 Å². The highest BCUT2D eigenvalue weighted by atomic mass is 79.9. The van der Waals surface area contributed by atoms with Gasteiger partial charge < -0.3 is 5.73 Å². The molecule has 0 fully saturated rings. The van der Waals surface area contributed by atoms with Crippen LogP contribution in [0.5, 0.6) is 0 Å². The summed E-state index contributed by atoms with van der Waals surface area (Å²) in [5.41, 5.74) is 8.81. The number of halogens is 2. The van der Waals surface area contributed by atoms with E-state index in [-0.39, 0.29) is 11.9 Å². The minimum Gasteiger partial charge on any atom is -0.320 e. The minimum atomic E-state index is -0.355. The van der Waals surface area contributed by atoms with E-state index >= 15 is 0 Å². The number of hydrogen-bond acceptors (Lipinski definition) is 2. The van der Waals surface area contributed by atoms with Crippen molar-refractivity contribution in [2.75, 3.05) is 0 Å². The molecule has 2 aromatic rings. The van der Waals surface area contributed by atoms with E-state index in [1.165, 1.54) is 6.07 Å². The topological polar surface area (TPSA) is 38.9 Å². The Kier molecular flexibility index (Phi) is 3.54. The largest absolute Gasteiger partial charge is 0.320 e. The second kappa shape index (κ2) is 4.94. The summed E-state index contributed by atoms with van der Waals surface area (Å²) in [6, 6.07) is 6.46. The van der Waals surface area contributed by atoms with Crippen molar-refractivity contribution in [1.82, 2.24) is 4.98 Å². The SMILES string of the molecule is Cc1ccncc1C(N)c1ccc(Br)c(F)c1. The molecule has 88 valence electrons. The second-order valence-electron chi connectivity index (χ2n) is 3.88. The maximum Gasteiger partial charge on any atom is 0.137 e. The lowest BCUT2D eigenvalue weighted by molar-refractivity contribution is 0.616. The first-order valence-electron chi connectivity index (χ1n) is 5.20. The average molecular weight is 295 g/mol. The maximum atomic E-state index is 13.4. The molecule has 1 unspecified atom stereocenters. The summed E-state index contributed by atoms with van der Waals surface area (Å²) in [6.07, 6.45) is 3.44. The van der Waals surface area contributed by atoms with Crippen molar-refractivity contribution in [3.8, 4) is 0 Å². The predicted octanol–water partition coefficient (Wildman–Crippen LogP) is 3.34. The molecule has 2 rings (SSSR count). The Labute approximate surface area is 108 Å². The van der Waals surface area contributed by atoms with Gasteiger partial charge in [0.05, 0.1) is 10.5 Å². The van der Waals surface area contributed by atoms with Crippen molar-refractivity contribution in [3.05, 3.63) is 63.6 Å². The molecule has 0 saturated carbocycles. The third-order valence-corrected chi connectivity index (χ3v) is 3.36. The number of aryl methyl sites for hydroxylation is 1. The first kappa shape index (κ1) is 12.2. The summed E-state index contributed by atoms with van der Waals surface area (Å²) in [4.78, 5) is 4.05. The zero-order valence-corrected chi connectivity index (χ0v) is 10.9. The summed E-state index contributed by atoms with van der Waals surface area (Å²) in [5, 5.41) is 0. The van der Waals surface area contributed by atoms with E-state index in [1.807, 2.05) is 19.1 Å². The first-order chi connectivity index (χ1) is 8.09. The Balaban J connectivity index is 2.40. The summed E-state index contributed by atoms with van der Waals surface area (Å²) in [7, 11) is 0. The molecule has 0 spiro atoms. The highest BCUT2D eigenvalue weighted by molar-refractivity contribution is 9.10. The van der Waals surface area contributed by atoms with Gasteiger partial charge in [0.15, 0.2) is 0 Å². The van der Waals surface area contributed by atoms with Gasteiger partial charge in [-0.3, -0.25) is 4.98 Å². The highest BCUT2D eigenvalue weighted by Crippen LogP contribution is 2.25. The molecule has 0 aliphatic rings. The van der Waals surface area contributed by atoms with Crippen LogP contribution in [-0.4, -0.2) is 4.98 Å². The summed E-state index contributed by atoms with van der Waals surface area (Å²) in [6.45, 7) is 1.96. The van der Waals surface area contributed by atoms with Crippen LogP contribution in [0.3, 0.4) is 0 Å². The Hall–Kier alpha value is -1.26. The molecule has 1 aromatic carbocycles. The standard InChI is InChI=1S/C13H12BrFN2/c1-8-4-5-17-7-10(8)13(16)9-2-3-11(14)12(15)6-9/h2-7,13H,16H2,1H3. The van der Waals surface area contributed by atoms with Gasteiger partial charge in [-0.2, -0.15) is 0 Å². The third kappa shape index (κ3) is 2.53. The molecular formula is C13H12BrFN2. The zero-order chi connectivity index (χ0) is 12.4. The van der Waals surface area contributed by atoms with Gasteiger partial charge in [-0.05, 0) is 57.7 Å². The molecule has 17 heavy (non-hydrogen) atoms. The van der Waals surface area contributed by atoms with Crippen molar-refractivity contribution in [3.63, 3.8) is 0 Å². The average Bonchev–Trinajstić information content (AvgIpc) is 2.32. The second-order valence-corrected chi connectivity index (χ2v) is 4.74. The Morgan fingerprint density at radius 2 is 2.12 bits per heavy atom. The predicted molar refractivity (Wildman–Crippen MR) is 69.1 cm³/mol. The Bertz CT molecular complexity index is 543. The van der Waals surface area contributed by atoms with Crippen molar-refractivity contribution >= 4 is 15.9 Å². The van der Waals surface area contributed by atoms with Crippen molar-refractivity contribution < 1.29 is 4.39 Å². The van der Waals surface area contributed by atoms with E-state index in [0.29, 0.717) is 4.47 Å². The quantitative estimate of drug-likeness (QED) is 0.923. The molecule has 0 amide bonds. The molecule has 2 nitrogen and oxygen atoms in total. The number of aromatic nitrogens is 1. The van der Waals surface area contributed by atoms with Gasteiger partial charge in [0.1, 0.15) is 5.82 Å². The number of nitrogens with zero attached hydrogens (tertiary/aromatic N) is 1. The summed E-state index contributed by atoms with van der Waals surface area (Å²) >= 11 is 3.12. The maximum absolute atomic E-state index is 13.4. The van der Waals surface area contributed by atoms with Gasteiger partial charge in [0, 0.05) is 12.4 Å². The van der Waals surface area contributed by atoms with Gasteiger partial charge in [0.2, 0.25) is 0 Å².